The minimum atomic E-state index is -0.426. The molecule has 0 bridgehead atoms. The summed E-state index contributed by atoms with van der Waals surface area (Å²) in [6.07, 6.45) is 0. The standard InChI is InChI=1S/C19H15N2O4P/c22-20(23)16-10-6-14(7-11-16)19(26-18-4-2-1-3-5-18)15-8-12-17(13-9-15)21(24)25/h1-13,19,26H. The van der Waals surface area contributed by atoms with Gasteiger partial charge in [-0.05, 0) is 16.4 Å². The zero-order chi connectivity index (χ0) is 18.5. The molecule has 0 N–H and O–H groups in total. The van der Waals surface area contributed by atoms with Gasteiger partial charge in [0.15, 0.2) is 0 Å². The van der Waals surface area contributed by atoms with Crippen LogP contribution in [0, 0.1) is 20.2 Å². The van der Waals surface area contributed by atoms with Crippen LogP contribution in [0.3, 0.4) is 0 Å². The third-order valence-electron chi connectivity index (χ3n) is 3.96. The number of benzene rings is 3. The Morgan fingerprint density at radius 3 is 1.46 bits per heavy atom. The quantitative estimate of drug-likeness (QED) is 0.362. The molecule has 0 aliphatic heterocycles. The summed E-state index contributed by atoms with van der Waals surface area (Å²) in [6.45, 7) is 0. The van der Waals surface area contributed by atoms with Gasteiger partial charge in [-0.25, -0.2) is 0 Å². The van der Waals surface area contributed by atoms with Gasteiger partial charge in [0.25, 0.3) is 11.4 Å². The Morgan fingerprint density at radius 2 is 1.08 bits per heavy atom. The van der Waals surface area contributed by atoms with Crippen LogP contribution in [0.2, 0.25) is 0 Å². The normalized spacial score (nSPS) is 11.1. The van der Waals surface area contributed by atoms with Gasteiger partial charge in [0.2, 0.25) is 0 Å². The minimum absolute atomic E-state index is 0.0287. The molecule has 26 heavy (non-hydrogen) atoms. The fourth-order valence-corrected chi connectivity index (χ4v) is 4.07. The van der Waals surface area contributed by atoms with Crippen LogP contribution in [0.1, 0.15) is 16.8 Å². The maximum absolute atomic E-state index is 10.9. The molecule has 6 nitrogen and oxygen atoms in total. The van der Waals surface area contributed by atoms with Crippen molar-refractivity contribution >= 4 is 25.3 Å². The maximum atomic E-state index is 10.9. The van der Waals surface area contributed by atoms with Gasteiger partial charge in [0.05, 0.1) is 9.85 Å². The third-order valence-corrected chi connectivity index (χ3v) is 5.58. The lowest BCUT2D eigenvalue weighted by Crippen LogP contribution is -2.02. The van der Waals surface area contributed by atoms with Gasteiger partial charge in [0, 0.05) is 29.9 Å². The van der Waals surface area contributed by atoms with E-state index in [2.05, 4.69) is 0 Å². The van der Waals surface area contributed by atoms with Crippen LogP contribution in [0.5, 0.6) is 0 Å². The SMILES string of the molecule is O=[N+]([O-])c1ccc(C(Pc2ccccc2)c2ccc([N+](=O)[O-])cc2)cc1. The summed E-state index contributed by atoms with van der Waals surface area (Å²) in [5, 5.41) is 22.9. The molecule has 3 aromatic rings. The molecule has 0 spiro atoms. The first-order chi connectivity index (χ1) is 12.5. The van der Waals surface area contributed by atoms with Crippen molar-refractivity contribution in [2.45, 2.75) is 5.66 Å². The molecule has 130 valence electrons. The molecule has 0 fully saturated rings. The second-order valence-corrected chi connectivity index (χ2v) is 7.08. The Hall–Kier alpha value is -3.11. The van der Waals surface area contributed by atoms with Gasteiger partial charge in [-0.15, -0.1) is 0 Å². The topological polar surface area (TPSA) is 86.3 Å². The molecule has 1 atom stereocenters. The highest BCUT2D eigenvalue weighted by Crippen LogP contribution is 2.40. The van der Waals surface area contributed by atoms with Gasteiger partial charge in [-0.2, -0.15) is 0 Å². The fraction of sp³-hybridized carbons (Fsp3) is 0.0526. The molecular weight excluding hydrogens is 351 g/mol. The summed E-state index contributed by atoms with van der Waals surface area (Å²) in [4.78, 5) is 20.9. The molecule has 0 amide bonds. The predicted molar refractivity (Wildman–Crippen MR) is 102 cm³/mol. The number of nitrogens with zero attached hydrogens (tertiary/aromatic N) is 2. The lowest BCUT2D eigenvalue weighted by molar-refractivity contribution is -0.385. The van der Waals surface area contributed by atoms with Crippen LogP contribution in [-0.2, 0) is 0 Å². The van der Waals surface area contributed by atoms with E-state index in [9.17, 15) is 20.2 Å². The van der Waals surface area contributed by atoms with Crippen molar-refractivity contribution in [2.75, 3.05) is 0 Å². The van der Waals surface area contributed by atoms with Crippen molar-refractivity contribution in [1.82, 2.24) is 0 Å². The summed E-state index contributed by atoms with van der Waals surface area (Å²) < 4.78 is 0. The highest BCUT2D eigenvalue weighted by molar-refractivity contribution is 7.47. The molecule has 7 heteroatoms. The molecule has 0 aliphatic rings. The Balaban J connectivity index is 1.98. The highest BCUT2D eigenvalue weighted by Gasteiger charge is 2.17. The summed E-state index contributed by atoms with van der Waals surface area (Å²) in [7, 11) is 0.393. The van der Waals surface area contributed by atoms with Gasteiger partial charge in [0.1, 0.15) is 0 Å². The van der Waals surface area contributed by atoms with E-state index in [4.69, 9.17) is 0 Å². The molecule has 3 rings (SSSR count). The molecule has 0 aromatic heterocycles. The van der Waals surface area contributed by atoms with Crippen LogP contribution >= 0.6 is 8.58 Å². The van der Waals surface area contributed by atoms with Gasteiger partial charge < -0.3 is 0 Å². The number of hydrogen-bond acceptors (Lipinski definition) is 4. The zero-order valence-corrected chi connectivity index (χ0v) is 14.6. The van der Waals surface area contributed by atoms with Crippen molar-refractivity contribution in [3.63, 3.8) is 0 Å². The first kappa shape index (κ1) is 17.7. The van der Waals surface area contributed by atoms with E-state index >= 15 is 0 Å². The zero-order valence-electron chi connectivity index (χ0n) is 13.6. The molecular formula is C19H15N2O4P. The lowest BCUT2D eigenvalue weighted by Gasteiger charge is -2.18. The maximum Gasteiger partial charge on any atom is 0.269 e. The minimum Gasteiger partial charge on any atom is -0.258 e. The second kappa shape index (κ2) is 7.85. The van der Waals surface area contributed by atoms with Crippen LogP contribution in [0.4, 0.5) is 11.4 Å². The summed E-state index contributed by atoms with van der Waals surface area (Å²) in [5.74, 6) is 0. The average Bonchev–Trinajstić information content (AvgIpc) is 2.67. The van der Waals surface area contributed by atoms with Crippen LogP contribution in [0.15, 0.2) is 78.9 Å². The molecule has 1 unspecified atom stereocenters. The summed E-state index contributed by atoms with van der Waals surface area (Å²) >= 11 is 0. The predicted octanol–water partition coefficient (Wildman–Crippen LogP) is 4.60. The van der Waals surface area contributed by atoms with Crippen LogP contribution < -0.4 is 5.30 Å². The van der Waals surface area contributed by atoms with Crippen LogP contribution in [0.25, 0.3) is 0 Å². The van der Waals surface area contributed by atoms with Crippen molar-refractivity contribution in [2.24, 2.45) is 0 Å². The largest absolute Gasteiger partial charge is 0.269 e. The first-order valence-corrected chi connectivity index (χ1v) is 8.92. The van der Waals surface area contributed by atoms with E-state index < -0.39 is 9.85 Å². The Kier molecular flexibility index (Phi) is 5.34. The first-order valence-electron chi connectivity index (χ1n) is 7.85. The van der Waals surface area contributed by atoms with E-state index in [1.807, 2.05) is 30.3 Å². The Bertz CT molecular complexity index is 855. The van der Waals surface area contributed by atoms with E-state index in [-0.39, 0.29) is 17.0 Å². The fourth-order valence-electron chi connectivity index (χ4n) is 2.64. The van der Waals surface area contributed by atoms with Gasteiger partial charge in [-0.3, -0.25) is 20.2 Å². The summed E-state index contributed by atoms with van der Waals surface area (Å²) in [5.41, 5.74) is 1.93. The van der Waals surface area contributed by atoms with Crippen molar-refractivity contribution < 1.29 is 9.85 Å². The van der Waals surface area contributed by atoms with E-state index in [0.717, 1.165) is 16.4 Å². The molecule has 0 aliphatic carbocycles. The molecule has 0 heterocycles. The van der Waals surface area contributed by atoms with E-state index in [1.54, 1.807) is 24.3 Å². The Morgan fingerprint density at radius 1 is 0.654 bits per heavy atom. The lowest BCUT2D eigenvalue weighted by atomic mass is 10.0. The highest BCUT2D eigenvalue weighted by atomic mass is 31.1. The van der Waals surface area contributed by atoms with Crippen LogP contribution in [-0.4, -0.2) is 9.85 Å². The van der Waals surface area contributed by atoms with Gasteiger partial charge in [-0.1, -0.05) is 63.2 Å². The average molecular weight is 366 g/mol. The summed E-state index contributed by atoms with van der Waals surface area (Å²) in [6, 6.07) is 22.9. The molecule has 3 aromatic carbocycles. The van der Waals surface area contributed by atoms with Crippen molar-refractivity contribution in [1.29, 1.82) is 0 Å². The van der Waals surface area contributed by atoms with E-state index in [1.165, 1.54) is 24.3 Å². The molecule has 0 saturated carbocycles. The number of nitro benzene ring substituents is 2. The number of hydrogen-bond donors (Lipinski definition) is 0. The molecule has 0 radical (unpaired) electrons. The van der Waals surface area contributed by atoms with E-state index in [0.29, 0.717) is 8.58 Å². The smallest absolute Gasteiger partial charge is 0.258 e. The molecule has 0 saturated heterocycles. The van der Waals surface area contributed by atoms with Gasteiger partial charge >= 0.3 is 0 Å². The van der Waals surface area contributed by atoms with Crippen molar-refractivity contribution in [3.8, 4) is 0 Å². The number of nitro groups is 2. The monoisotopic (exact) mass is 366 g/mol. The number of rotatable bonds is 6. The third kappa shape index (κ3) is 4.10. The van der Waals surface area contributed by atoms with Crippen molar-refractivity contribution in [3.05, 3.63) is 110 Å². The number of non-ortho nitro benzene ring substituents is 2. The Labute approximate surface area is 151 Å². The second-order valence-electron chi connectivity index (χ2n) is 5.64.